The first kappa shape index (κ1) is 15.5. The fraction of sp³-hybridized carbons (Fsp3) is 0.500. The van der Waals surface area contributed by atoms with Gasteiger partial charge in [-0.15, -0.1) is 0 Å². The molecule has 4 N–H and O–H groups in total. The molecule has 0 bridgehead atoms. The second kappa shape index (κ2) is 6.53. The fourth-order valence-corrected chi connectivity index (χ4v) is 1.90. The minimum atomic E-state index is -0.929. The summed E-state index contributed by atoms with van der Waals surface area (Å²) in [7, 11) is 1.58. The van der Waals surface area contributed by atoms with Gasteiger partial charge in [0.1, 0.15) is 5.82 Å². The Morgan fingerprint density at radius 3 is 2.83 bits per heavy atom. The van der Waals surface area contributed by atoms with Crippen LogP contribution in [0.4, 0.5) is 15.8 Å². The standard InChI is InChI=1S/C12H18FIN2O2/c1-12(17,3-4-18-2)7-16-11-5-8(13)9(14)6-10(11)15/h5-6,16-17H,3-4,7,15H2,1-2H3. The molecule has 0 aliphatic carbocycles. The van der Waals surface area contributed by atoms with Gasteiger partial charge in [-0.1, -0.05) is 0 Å². The van der Waals surface area contributed by atoms with Crippen molar-refractivity contribution >= 4 is 34.0 Å². The molecule has 1 aromatic carbocycles. The van der Waals surface area contributed by atoms with Crippen molar-refractivity contribution in [2.24, 2.45) is 0 Å². The van der Waals surface area contributed by atoms with Crippen LogP contribution in [-0.2, 0) is 4.74 Å². The molecular weight excluding hydrogens is 350 g/mol. The van der Waals surface area contributed by atoms with E-state index in [9.17, 15) is 9.50 Å². The highest BCUT2D eigenvalue weighted by Crippen LogP contribution is 2.24. The molecule has 102 valence electrons. The number of rotatable bonds is 6. The molecular formula is C12H18FIN2O2. The zero-order valence-electron chi connectivity index (χ0n) is 10.5. The van der Waals surface area contributed by atoms with E-state index in [1.54, 1.807) is 20.1 Å². The first-order valence-electron chi connectivity index (χ1n) is 5.55. The second-order valence-electron chi connectivity index (χ2n) is 4.45. The van der Waals surface area contributed by atoms with Gasteiger partial charge in [-0.3, -0.25) is 0 Å². The van der Waals surface area contributed by atoms with Crippen LogP contribution in [0.3, 0.4) is 0 Å². The van der Waals surface area contributed by atoms with E-state index in [2.05, 4.69) is 5.32 Å². The Bertz CT molecular complexity index is 413. The molecule has 0 aliphatic rings. The summed E-state index contributed by atoms with van der Waals surface area (Å²) >= 11 is 1.88. The van der Waals surface area contributed by atoms with E-state index in [4.69, 9.17) is 10.5 Å². The Labute approximate surface area is 120 Å². The van der Waals surface area contributed by atoms with Gasteiger partial charge in [-0.05, 0) is 35.6 Å². The quantitative estimate of drug-likeness (QED) is 0.532. The molecule has 4 nitrogen and oxygen atoms in total. The van der Waals surface area contributed by atoms with Crippen LogP contribution in [0.2, 0.25) is 0 Å². The van der Waals surface area contributed by atoms with Crippen LogP contribution in [0.1, 0.15) is 13.3 Å². The Morgan fingerprint density at radius 1 is 1.56 bits per heavy atom. The van der Waals surface area contributed by atoms with E-state index < -0.39 is 5.60 Å². The Morgan fingerprint density at radius 2 is 2.22 bits per heavy atom. The van der Waals surface area contributed by atoms with E-state index in [0.717, 1.165) is 0 Å². The minimum absolute atomic E-state index is 0.278. The van der Waals surface area contributed by atoms with Crippen molar-refractivity contribution in [1.82, 2.24) is 0 Å². The third-order valence-electron chi connectivity index (χ3n) is 2.60. The summed E-state index contributed by atoms with van der Waals surface area (Å²) in [4.78, 5) is 0. The van der Waals surface area contributed by atoms with Crippen molar-refractivity contribution in [3.8, 4) is 0 Å². The van der Waals surface area contributed by atoms with Crippen molar-refractivity contribution in [3.05, 3.63) is 21.5 Å². The van der Waals surface area contributed by atoms with Crippen molar-refractivity contribution in [2.75, 3.05) is 31.3 Å². The molecule has 0 aliphatic heterocycles. The average molecular weight is 368 g/mol. The van der Waals surface area contributed by atoms with Gasteiger partial charge in [0.15, 0.2) is 0 Å². The van der Waals surface area contributed by atoms with E-state index in [0.29, 0.717) is 28.0 Å². The third kappa shape index (κ3) is 4.58. The van der Waals surface area contributed by atoms with Gasteiger partial charge < -0.3 is 20.9 Å². The molecule has 0 aromatic heterocycles. The number of aliphatic hydroxyl groups is 1. The summed E-state index contributed by atoms with van der Waals surface area (Å²) in [6.45, 7) is 2.43. The lowest BCUT2D eigenvalue weighted by Crippen LogP contribution is -2.34. The van der Waals surface area contributed by atoms with Gasteiger partial charge in [0, 0.05) is 32.7 Å². The lowest BCUT2D eigenvalue weighted by molar-refractivity contribution is 0.0357. The highest BCUT2D eigenvalue weighted by molar-refractivity contribution is 14.1. The predicted octanol–water partition coefficient (Wildman–Crippen LogP) is 2.21. The number of hydrogen-bond donors (Lipinski definition) is 3. The summed E-state index contributed by atoms with van der Waals surface area (Å²) in [5.74, 6) is -0.330. The van der Waals surface area contributed by atoms with E-state index >= 15 is 0 Å². The van der Waals surface area contributed by atoms with Gasteiger partial charge in [0.2, 0.25) is 0 Å². The number of anilines is 2. The lowest BCUT2D eigenvalue weighted by Gasteiger charge is -2.24. The van der Waals surface area contributed by atoms with Crippen molar-refractivity contribution in [2.45, 2.75) is 18.9 Å². The van der Waals surface area contributed by atoms with Gasteiger partial charge in [0.25, 0.3) is 0 Å². The summed E-state index contributed by atoms with van der Waals surface area (Å²) in [6, 6.07) is 2.89. The summed E-state index contributed by atoms with van der Waals surface area (Å²) in [5.41, 5.74) is 5.80. The van der Waals surface area contributed by atoms with Crippen LogP contribution in [0.25, 0.3) is 0 Å². The number of nitrogen functional groups attached to an aromatic ring is 1. The van der Waals surface area contributed by atoms with Gasteiger partial charge in [-0.25, -0.2) is 4.39 Å². The van der Waals surface area contributed by atoms with Crippen molar-refractivity contribution < 1.29 is 14.2 Å². The normalized spacial score (nSPS) is 14.3. The van der Waals surface area contributed by atoms with E-state index in [1.807, 2.05) is 22.6 Å². The largest absolute Gasteiger partial charge is 0.397 e. The van der Waals surface area contributed by atoms with E-state index in [-0.39, 0.29) is 12.4 Å². The summed E-state index contributed by atoms with van der Waals surface area (Å²) < 4.78 is 18.8. The van der Waals surface area contributed by atoms with Gasteiger partial charge in [-0.2, -0.15) is 0 Å². The van der Waals surface area contributed by atoms with Gasteiger partial charge >= 0.3 is 0 Å². The topological polar surface area (TPSA) is 67.5 Å². The van der Waals surface area contributed by atoms with Crippen LogP contribution >= 0.6 is 22.6 Å². The SMILES string of the molecule is COCCC(C)(O)CNc1cc(F)c(I)cc1N. The van der Waals surface area contributed by atoms with Crippen LogP contribution in [0, 0.1) is 9.39 Å². The lowest BCUT2D eigenvalue weighted by atomic mass is 10.0. The molecule has 0 saturated carbocycles. The Balaban J connectivity index is 2.66. The zero-order valence-corrected chi connectivity index (χ0v) is 12.6. The molecule has 18 heavy (non-hydrogen) atoms. The monoisotopic (exact) mass is 368 g/mol. The number of benzene rings is 1. The van der Waals surface area contributed by atoms with E-state index in [1.165, 1.54) is 6.07 Å². The molecule has 0 amide bonds. The van der Waals surface area contributed by atoms with Crippen LogP contribution in [-0.4, -0.2) is 31.0 Å². The molecule has 0 radical (unpaired) electrons. The van der Waals surface area contributed by atoms with Gasteiger partial charge in [0.05, 0.1) is 20.5 Å². The number of methoxy groups -OCH3 is 1. The molecule has 0 fully saturated rings. The maximum atomic E-state index is 13.4. The first-order chi connectivity index (χ1) is 8.35. The molecule has 1 unspecified atom stereocenters. The Kier molecular flexibility index (Phi) is 5.61. The number of ether oxygens (including phenoxy) is 1. The predicted molar refractivity (Wildman–Crippen MR) is 79.1 cm³/mol. The molecule has 6 heteroatoms. The second-order valence-corrected chi connectivity index (χ2v) is 5.61. The maximum Gasteiger partial charge on any atom is 0.138 e. The zero-order chi connectivity index (χ0) is 13.8. The number of halogens is 2. The Hall–Kier alpha value is -0.600. The number of nitrogens with one attached hydrogen (secondary N) is 1. The molecule has 0 spiro atoms. The maximum absolute atomic E-state index is 13.4. The summed E-state index contributed by atoms with van der Waals surface area (Å²) in [6.07, 6.45) is 0.489. The molecule has 1 rings (SSSR count). The smallest absolute Gasteiger partial charge is 0.138 e. The number of hydrogen-bond acceptors (Lipinski definition) is 4. The highest BCUT2D eigenvalue weighted by Gasteiger charge is 2.20. The van der Waals surface area contributed by atoms with Crippen LogP contribution in [0.15, 0.2) is 12.1 Å². The van der Waals surface area contributed by atoms with Crippen LogP contribution < -0.4 is 11.1 Å². The molecule has 1 aromatic rings. The highest BCUT2D eigenvalue weighted by atomic mass is 127. The fourth-order valence-electron chi connectivity index (χ4n) is 1.41. The first-order valence-corrected chi connectivity index (χ1v) is 6.63. The minimum Gasteiger partial charge on any atom is -0.397 e. The third-order valence-corrected chi connectivity index (χ3v) is 3.42. The van der Waals surface area contributed by atoms with Crippen LogP contribution in [0.5, 0.6) is 0 Å². The van der Waals surface area contributed by atoms with Crippen molar-refractivity contribution in [1.29, 1.82) is 0 Å². The average Bonchev–Trinajstić information content (AvgIpc) is 2.30. The molecule has 0 heterocycles. The number of nitrogens with two attached hydrogens (primary N) is 1. The molecule has 1 atom stereocenters. The van der Waals surface area contributed by atoms with Crippen molar-refractivity contribution in [3.63, 3.8) is 0 Å². The molecule has 0 saturated heterocycles. The summed E-state index contributed by atoms with van der Waals surface area (Å²) in [5, 5.41) is 13.0.